The number of benzene rings is 1. The van der Waals surface area contributed by atoms with E-state index in [0.29, 0.717) is 31.1 Å². The van der Waals surface area contributed by atoms with Gasteiger partial charge in [0, 0.05) is 23.4 Å². The molecule has 126 valence electrons. The predicted molar refractivity (Wildman–Crippen MR) is 97.7 cm³/mol. The molecule has 2 aromatic rings. The minimum absolute atomic E-state index is 0.0524. The Bertz CT molecular complexity index is 756. The van der Waals surface area contributed by atoms with Gasteiger partial charge in [0.05, 0.1) is 18.0 Å². The fourth-order valence-electron chi connectivity index (χ4n) is 2.62. The molecule has 3 rings (SSSR count). The molecule has 1 aliphatic rings. The number of anilines is 1. The van der Waals surface area contributed by atoms with Crippen LogP contribution in [0.4, 0.5) is 5.69 Å². The average Bonchev–Trinajstić information content (AvgIpc) is 3.07. The molecule has 0 fully saturated rings. The molecule has 1 aromatic heterocycles. The Kier molecular flexibility index (Phi) is 5.20. The molecule has 24 heavy (non-hydrogen) atoms. The summed E-state index contributed by atoms with van der Waals surface area (Å²) in [5.41, 5.74) is 1.39. The molecule has 0 N–H and O–H groups in total. The lowest BCUT2D eigenvalue weighted by molar-refractivity contribution is -0.116. The van der Waals surface area contributed by atoms with E-state index in [4.69, 9.17) is 0 Å². The van der Waals surface area contributed by atoms with Crippen LogP contribution in [0.2, 0.25) is 0 Å². The van der Waals surface area contributed by atoms with Crippen molar-refractivity contribution in [3.8, 4) is 0 Å². The number of thioether (sulfide) groups is 1. The molecule has 2 amide bonds. The molecular weight excluding hydrogens is 342 g/mol. The third-order valence-electron chi connectivity index (χ3n) is 3.92. The van der Waals surface area contributed by atoms with Gasteiger partial charge in [-0.15, -0.1) is 23.1 Å². The molecule has 0 radical (unpaired) electrons. The van der Waals surface area contributed by atoms with Crippen LogP contribution < -0.4 is 4.90 Å². The average molecular weight is 361 g/mol. The molecule has 7 heteroatoms. The first-order valence-electron chi connectivity index (χ1n) is 7.89. The second-order valence-electron chi connectivity index (χ2n) is 5.34. The zero-order valence-electron chi connectivity index (χ0n) is 13.7. The maximum atomic E-state index is 12.4. The summed E-state index contributed by atoms with van der Waals surface area (Å²) in [5.74, 6) is 0.460. The van der Waals surface area contributed by atoms with Crippen LogP contribution in [0.1, 0.15) is 29.3 Å². The topological polar surface area (TPSA) is 53.5 Å². The van der Waals surface area contributed by atoms with Crippen molar-refractivity contribution in [2.45, 2.75) is 25.3 Å². The highest BCUT2D eigenvalue weighted by Gasteiger charge is 2.26. The van der Waals surface area contributed by atoms with Gasteiger partial charge in [-0.25, -0.2) is 4.98 Å². The van der Waals surface area contributed by atoms with E-state index in [0.717, 1.165) is 15.6 Å². The first-order valence-corrected chi connectivity index (χ1v) is 9.76. The molecule has 1 aromatic carbocycles. The summed E-state index contributed by atoms with van der Waals surface area (Å²) in [6, 6.07) is 7.89. The monoisotopic (exact) mass is 361 g/mol. The molecule has 1 aliphatic heterocycles. The standard InChI is InChI=1S/C17H19N3O2S2/c1-3-19(4-2)17(22)12-10-24-15(18-12)9-20-13-7-5-6-8-14(13)23-11-16(20)21/h5-8,10H,3-4,9,11H2,1-2H3. The second-order valence-corrected chi connectivity index (χ2v) is 7.30. The van der Waals surface area contributed by atoms with E-state index < -0.39 is 0 Å². The summed E-state index contributed by atoms with van der Waals surface area (Å²) >= 11 is 2.99. The third-order valence-corrected chi connectivity index (χ3v) is 5.80. The van der Waals surface area contributed by atoms with Crippen molar-refractivity contribution < 1.29 is 9.59 Å². The Morgan fingerprint density at radius 3 is 2.79 bits per heavy atom. The number of thiazole rings is 1. The number of carbonyl (C=O) groups excluding carboxylic acids is 2. The number of hydrogen-bond acceptors (Lipinski definition) is 5. The fraction of sp³-hybridized carbons (Fsp3) is 0.353. The lowest BCUT2D eigenvalue weighted by atomic mass is 10.2. The van der Waals surface area contributed by atoms with Gasteiger partial charge in [0.15, 0.2) is 0 Å². The smallest absolute Gasteiger partial charge is 0.273 e. The van der Waals surface area contributed by atoms with Gasteiger partial charge in [0.2, 0.25) is 5.91 Å². The van der Waals surface area contributed by atoms with E-state index in [1.807, 2.05) is 38.1 Å². The highest BCUT2D eigenvalue weighted by Crippen LogP contribution is 2.36. The fourth-order valence-corrected chi connectivity index (χ4v) is 4.31. The highest BCUT2D eigenvalue weighted by atomic mass is 32.2. The maximum Gasteiger partial charge on any atom is 0.273 e. The summed E-state index contributed by atoms with van der Waals surface area (Å²) in [6.07, 6.45) is 0. The van der Waals surface area contributed by atoms with Crippen molar-refractivity contribution in [2.24, 2.45) is 0 Å². The normalized spacial score (nSPS) is 13.8. The Morgan fingerprint density at radius 1 is 1.29 bits per heavy atom. The van der Waals surface area contributed by atoms with Gasteiger partial charge in [-0.2, -0.15) is 0 Å². The SMILES string of the molecule is CCN(CC)C(=O)c1csc(CN2C(=O)CSc3ccccc32)n1. The number of para-hydroxylation sites is 1. The summed E-state index contributed by atoms with van der Waals surface area (Å²) in [7, 11) is 0. The number of fused-ring (bicyclic) bond motifs is 1. The van der Waals surface area contributed by atoms with Crippen LogP contribution in [0, 0.1) is 0 Å². The summed E-state index contributed by atoms with van der Waals surface area (Å²) in [5, 5.41) is 2.56. The minimum Gasteiger partial charge on any atom is -0.338 e. The van der Waals surface area contributed by atoms with Crippen molar-refractivity contribution in [3.63, 3.8) is 0 Å². The minimum atomic E-state index is -0.0524. The number of hydrogen-bond donors (Lipinski definition) is 0. The molecule has 2 heterocycles. The van der Waals surface area contributed by atoms with Gasteiger partial charge < -0.3 is 9.80 Å². The number of rotatable bonds is 5. The van der Waals surface area contributed by atoms with E-state index in [9.17, 15) is 9.59 Å². The summed E-state index contributed by atoms with van der Waals surface area (Å²) < 4.78 is 0. The zero-order chi connectivity index (χ0) is 17.1. The van der Waals surface area contributed by atoms with E-state index >= 15 is 0 Å². The van der Waals surface area contributed by atoms with Crippen molar-refractivity contribution in [3.05, 3.63) is 40.3 Å². The van der Waals surface area contributed by atoms with Crippen LogP contribution in [-0.4, -0.2) is 40.5 Å². The largest absolute Gasteiger partial charge is 0.338 e. The van der Waals surface area contributed by atoms with Gasteiger partial charge in [-0.1, -0.05) is 12.1 Å². The van der Waals surface area contributed by atoms with Gasteiger partial charge in [0.1, 0.15) is 10.7 Å². The van der Waals surface area contributed by atoms with Crippen LogP contribution in [0.3, 0.4) is 0 Å². The van der Waals surface area contributed by atoms with Crippen LogP contribution in [0.25, 0.3) is 0 Å². The molecule has 0 atom stereocenters. The van der Waals surface area contributed by atoms with Crippen molar-refractivity contribution >= 4 is 40.6 Å². The Balaban J connectivity index is 1.80. The van der Waals surface area contributed by atoms with E-state index in [2.05, 4.69) is 4.98 Å². The quantitative estimate of drug-likeness (QED) is 0.820. The van der Waals surface area contributed by atoms with Crippen molar-refractivity contribution in [2.75, 3.05) is 23.7 Å². The lowest BCUT2D eigenvalue weighted by Gasteiger charge is -2.28. The molecule has 0 bridgehead atoms. The van der Waals surface area contributed by atoms with E-state index in [1.165, 1.54) is 11.3 Å². The molecule has 0 saturated heterocycles. The molecule has 0 aliphatic carbocycles. The van der Waals surface area contributed by atoms with Crippen molar-refractivity contribution in [1.29, 1.82) is 0 Å². The van der Waals surface area contributed by atoms with Crippen LogP contribution in [-0.2, 0) is 11.3 Å². The Hall–Kier alpha value is -1.86. The lowest BCUT2D eigenvalue weighted by Crippen LogP contribution is -2.34. The zero-order valence-corrected chi connectivity index (χ0v) is 15.3. The Labute approximate surface area is 149 Å². The maximum absolute atomic E-state index is 12.4. The van der Waals surface area contributed by atoms with Gasteiger partial charge in [-0.3, -0.25) is 9.59 Å². The summed E-state index contributed by atoms with van der Waals surface area (Å²) in [4.78, 5) is 33.7. The molecular formula is C17H19N3O2S2. The number of carbonyl (C=O) groups is 2. The second kappa shape index (κ2) is 7.36. The number of nitrogens with zero attached hydrogens (tertiary/aromatic N) is 3. The van der Waals surface area contributed by atoms with Gasteiger partial charge in [-0.05, 0) is 26.0 Å². The molecule has 0 saturated carbocycles. The van der Waals surface area contributed by atoms with Crippen molar-refractivity contribution in [1.82, 2.24) is 9.88 Å². The first kappa shape index (κ1) is 17.0. The molecule has 5 nitrogen and oxygen atoms in total. The van der Waals surface area contributed by atoms with Crippen LogP contribution >= 0.6 is 23.1 Å². The highest BCUT2D eigenvalue weighted by molar-refractivity contribution is 8.00. The van der Waals surface area contributed by atoms with Crippen LogP contribution in [0.15, 0.2) is 34.5 Å². The number of amides is 2. The number of aromatic nitrogens is 1. The molecule has 0 unspecified atom stereocenters. The van der Waals surface area contributed by atoms with E-state index in [-0.39, 0.29) is 11.8 Å². The predicted octanol–water partition coefficient (Wildman–Crippen LogP) is 3.26. The van der Waals surface area contributed by atoms with Gasteiger partial charge in [0.25, 0.3) is 5.91 Å². The summed E-state index contributed by atoms with van der Waals surface area (Å²) in [6.45, 7) is 5.65. The van der Waals surface area contributed by atoms with Crippen LogP contribution in [0.5, 0.6) is 0 Å². The Morgan fingerprint density at radius 2 is 2.04 bits per heavy atom. The first-order chi connectivity index (χ1) is 11.6. The third kappa shape index (κ3) is 3.32. The van der Waals surface area contributed by atoms with Gasteiger partial charge >= 0.3 is 0 Å². The van der Waals surface area contributed by atoms with E-state index in [1.54, 1.807) is 26.9 Å². The molecule has 0 spiro atoms.